The molecule has 0 saturated carbocycles. The van der Waals surface area contributed by atoms with E-state index >= 15 is 0 Å². The average Bonchev–Trinajstić information content (AvgIpc) is 2.68. The van der Waals surface area contributed by atoms with E-state index < -0.39 is 0 Å². The first-order chi connectivity index (χ1) is 9.30. The molecule has 1 heterocycles. The zero-order valence-electron chi connectivity index (χ0n) is 12.4. The highest BCUT2D eigenvalue weighted by atomic mass is 32.1. The van der Waals surface area contributed by atoms with Crippen molar-refractivity contribution in [2.45, 2.75) is 46.3 Å². The van der Waals surface area contributed by atoms with Crippen molar-refractivity contribution in [2.75, 3.05) is 0 Å². The number of carbonyl (C=O) groups is 1. The third kappa shape index (κ3) is 3.28. The molecule has 0 fully saturated rings. The maximum atomic E-state index is 11.4. The Balaban J connectivity index is 2.49. The Hall–Kier alpha value is -1.62. The first kappa shape index (κ1) is 14.8. The van der Waals surface area contributed by atoms with Gasteiger partial charge in [-0.15, -0.1) is 0 Å². The number of nitrogens with zero attached hydrogens (tertiary/aromatic N) is 1. The molecule has 108 valence electrons. The van der Waals surface area contributed by atoms with Gasteiger partial charge < -0.3 is 9.47 Å². The highest BCUT2D eigenvalue weighted by Crippen LogP contribution is 2.36. The van der Waals surface area contributed by atoms with E-state index in [1.807, 2.05) is 40.7 Å². The molecule has 0 bridgehead atoms. The van der Waals surface area contributed by atoms with Crippen LogP contribution in [0.1, 0.15) is 45.0 Å². The van der Waals surface area contributed by atoms with Crippen molar-refractivity contribution in [3.05, 3.63) is 17.7 Å². The van der Waals surface area contributed by atoms with Crippen LogP contribution in [0.4, 0.5) is 0 Å². The number of aldehydes is 1. The summed E-state index contributed by atoms with van der Waals surface area (Å²) in [6, 6.07) is 3.64. The number of hydrogen-bond donors (Lipinski definition) is 0. The molecule has 0 atom stereocenters. The van der Waals surface area contributed by atoms with E-state index in [1.54, 1.807) is 6.07 Å². The van der Waals surface area contributed by atoms with Gasteiger partial charge in [-0.1, -0.05) is 11.3 Å². The minimum absolute atomic E-state index is 0.0561. The predicted molar refractivity (Wildman–Crippen MR) is 81.2 cm³/mol. The summed E-state index contributed by atoms with van der Waals surface area (Å²) in [6.07, 6.45) is 0.876. The Labute approximate surface area is 122 Å². The number of fused-ring (bicyclic) bond motifs is 1. The third-order valence-corrected chi connectivity index (χ3v) is 3.40. The molecule has 0 radical (unpaired) electrons. The van der Waals surface area contributed by atoms with Crippen molar-refractivity contribution in [1.82, 2.24) is 4.98 Å². The topological polar surface area (TPSA) is 48.4 Å². The maximum absolute atomic E-state index is 11.4. The predicted octanol–water partition coefficient (Wildman–Crippen LogP) is 4.07. The third-order valence-electron chi connectivity index (χ3n) is 2.41. The molecule has 0 saturated heterocycles. The zero-order chi connectivity index (χ0) is 14.9. The van der Waals surface area contributed by atoms with E-state index in [2.05, 4.69) is 4.98 Å². The molecule has 0 spiro atoms. The maximum Gasteiger partial charge on any atom is 0.274 e. The Kier molecular flexibility index (Phi) is 3.99. The fourth-order valence-electron chi connectivity index (χ4n) is 1.76. The number of ether oxygens (including phenoxy) is 2. The van der Waals surface area contributed by atoms with Gasteiger partial charge in [0.1, 0.15) is 11.4 Å². The van der Waals surface area contributed by atoms with E-state index in [0.29, 0.717) is 16.5 Å². The molecule has 1 aromatic carbocycles. The van der Waals surface area contributed by atoms with Crippen molar-refractivity contribution in [3.63, 3.8) is 0 Å². The smallest absolute Gasteiger partial charge is 0.274 e. The number of rotatable bonds is 4. The summed E-state index contributed by atoms with van der Waals surface area (Å²) < 4.78 is 12.2. The zero-order valence-corrected chi connectivity index (χ0v) is 13.2. The van der Waals surface area contributed by atoms with Crippen molar-refractivity contribution < 1.29 is 14.3 Å². The first-order valence-corrected chi connectivity index (χ1v) is 7.36. The molecule has 0 aliphatic carbocycles. The van der Waals surface area contributed by atoms with Crippen LogP contribution in [0.15, 0.2) is 12.1 Å². The summed E-state index contributed by atoms with van der Waals surface area (Å²) in [5.74, 6) is 0.583. The lowest BCUT2D eigenvalue weighted by Gasteiger charge is -2.22. The minimum Gasteiger partial charge on any atom is -0.487 e. The van der Waals surface area contributed by atoms with Crippen molar-refractivity contribution >= 4 is 27.8 Å². The molecule has 0 aliphatic rings. The standard InChI is InChI=1S/C15H19NO3S/c1-9(2)18-14-16-11-6-7-12(19-15(3,4)5)10(8-17)13(11)20-14/h6-9H,1-5H3. The van der Waals surface area contributed by atoms with E-state index in [-0.39, 0.29) is 11.7 Å². The van der Waals surface area contributed by atoms with Crippen LogP contribution < -0.4 is 9.47 Å². The Morgan fingerprint density at radius 1 is 1.30 bits per heavy atom. The molecule has 2 aromatic rings. The molecule has 1 aromatic heterocycles. The van der Waals surface area contributed by atoms with Gasteiger partial charge in [-0.3, -0.25) is 4.79 Å². The second-order valence-corrected chi connectivity index (χ2v) is 6.77. The lowest BCUT2D eigenvalue weighted by atomic mass is 10.1. The number of benzene rings is 1. The summed E-state index contributed by atoms with van der Waals surface area (Å²) >= 11 is 1.37. The van der Waals surface area contributed by atoms with Gasteiger partial charge in [-0.2, -0.15) is 0 Å². The number of carbonyl (C=O) groups excluding carboxylic acids is 1. The monoisotopic (exact) mass is 293 g/mol. The molecule has 20 heavy (non-hydrogen) atoms. The van der Waals surface area contributed by atoms with Crippen LogP contribution >= 0.6 is 11.3 Å². The first-order valence-electron chi connectivity index (χ1n) is 6.54. The van der Waals surface area contributed by atoms with Gasteiger partial charge in [0, 0.05) is 0 Å². The molecule has 0 aliphatic heterocycles. The van der Waals surface area contributed by atoms with Crippen LogP contribution in [0.5, 0.6) is 10.9 Å². The van der Waals surface area contributed by atoms with Gasteiger partial charge >= 0.3 is 0 Å². The number of thiazole rings is 1. The van der Waals surface area contributed by atoms with Crippen LogP contribution in [-0.4, -0.2) is 23.0 Å². The summed E-state index contributed by atoms with van der Waals surface area (Å²) in [4.78, 5) is 15.8. The fraction of sp³-hybridized carbons (Fsp3) is 0.467. The summed E-state index contributed by atoms with van der Waals surface area (Å²) in [5.41, 5.74) is 0.940. The number of aromatic nitrogens is 1. The largest absolute Gasteiger partial charge is 0.487 e. The molecular weight excluding hydrogens is 274 g/mol. The van der Waals surface area contributed by atoms with Crippen LogP contribution in [0.25, 0.3) is 10.2 Å². The quantitative estimate of drug-likeness (QED) is 0.797. The lowest BCUT2D eigenvalue weighted by molar-refractivity contribution is 0.109. The van der Waals surface area contributed by atoms with Crippen LogP contribution in [0.2, 0.25) is 0 Å². The fourth-order valence-corrected chi connectivity index (χ4v) is 2.79. The van der Waals surface area contributed by atoms with Gasteiger partial charge in [0.05, 0.1) is 21.9 Å². The van der Waals surface area contributed by atoms with Gasteiger partial charge in [-0.25, -0.2) is 4.98 Å². The Morgan fingerprint density at radius 3 is 2.55 bits per heavy atom. The van der Waals surface area contributed by atoms with Crippen LogP contribution in [-0.2, 0) is 0 Å². The average molecular weight is 293 g/mol. The van der Waals surface area contributed by atoms with Crippen molar-refractivity contribution in [2.24, 2.45) is 0 Å². The minimum atomic E-state index is -0.354. The van der Waals surface area contributed by atoms with Crippen LogP contribution in [0, 0.1) is 0 Å². The molecule has 0 N–H and O–H groups in total. The van der Waals surface area contributed by atoms with Gasteiger partial charge in [0.15, 0.2) is 6.29 Å². The highest BCUT2D eigenvalue weighted by Gasteiger charge is 2.18. The number of hydrogen-bond acceptors (Lipinski definition) is 5. The molecular formula is C15H19NO3S. The summed E-state index contributed by atoms with van der Waals surface area (Å²) in [7, 11) is 0. The molecule has 2 rings (SSSR count). The van der Waals surface area contributed by atoms with Gasteiger partial charge in [0.25, 0.3) is 5.19 Å². The van der Waals surface area contributed by atoms with Gasteiger partial charge in [0.2, 0.25) is 0 Å². The Morgan fingerprint density at radius 2 is 2.00 bits per heavy atom. The summed E-state index contributed by atoms with van der Waals surface area (Å²) in [6.45, 7) is 9.74. The second-order valence-electron chi connectivity index (χ2n) is 5.80. The Bertz CT molecular complexity index is 626. The van der Waals surface area contributed by atoms with Crippen molar-refractivity contribution in [1.29, 1.82) is 0 Å². The lowest BCUT2D eigenvalue weighted by Crippen LogP contribution is -2.23. The normalized spacial score (nSPS) is 11.9. The van der Waals surface area contributed by atoms with E-state index in [4.69, 9.17) is 9.47 Å². The highest BCUT2D eigenvalue weighted by molar-refractivity contribution is 7.20. The van der Waals surface area contributed by atoms with E-state index in [0.717, 1.165) is 16.5 Å². The SMILES string of the molecule is CC(C)Oc1nc2ccc(OC(C)(C)C)c(C=O)c2s1. The summed E-state index contributed by atoms with van der Waals surface area (Å²) in [5, 5.41) is 0.575. The van der Waals surface area contributed by atoms with Crippen LogP contribution in [0.3, 0.4) is 0 Å². The second kappa shape index (κ2) is 5.40. The van der Waals surface area contributed by atoms with E-state index in [9.17, 15) is 4.79 Å². The molecule has 0 amide bonds. The molecule has 0 unspecified atom stereocenters. The van der Waals surface area contributed by atoms with E-state index in [1.165, 1.54) is 11.3 Å². The molecule has 5 heteroatoms. The van der Waals surface area contributed by atoms with Gasteiger partial charge in [-0.05, 0) is 46.8 Å². The molecule has 4 nitrogen and oxygen atoms in total. The van der Waals surface area contributed by atoms with Crippen molar-refractivity contribution in [3.8, 4) is 10.9 Å².